The van der Waals surface area contributed by atoms with Crippen LogP contribution >= 0.6 is 15.9 Å². The maximum Gasteiger partial charge on any atom is 0.244 e. The molecule has 0 aliphatic carbocycles. The van der Waals surface area contributed by atoms with Crippen molar-refractivity contribution in [3.05, 3.63) is 28.7 Å². The molecule has 94 valence electrons. The molecule has 1 aliphatic rings. The molecular formula is C12H16BrNO2S. The molecule has 0 saturated carbocycles. The zero-order chi connectivity index (χ0) is 12.6. The van der Waals surface area contributed by atoms with Gasteiger partial charge in [-0.05, 0) is 39.9 Å². The summed E-state index contributed by atoms with van der Waals surface area (Å²) in [5.74, 6) is 0.847. The molecule has 2 atom stereocenters. The summed E-state index contributed by atoms with van der Waals surface area (Å²) in [6, 6.07) is 6.97. The Morgan fingerprint density at radius 2 is 1.71 bits per heavy atom. The molecule has 0 amide bonds. The Hall–Kier alpha value is -0.390. The molecule has 0 N–H and O–H groups in total. The van der Waals surface area contributed by atoms with Gasteiger partial charge >= 0.3 is 0 Å². The van der Waals surface area contributed by atoms with Crippen LogP contribution in [-0.4, -0.2) is 25.8 Å². The van der Waals surface area contributed by atoms with Crippen LogP contribution in [0.15, 0.2) is 33.6 Å². The van der Waals surface area contributed by atoms with Gasteiger partial charge in [0.25, 0.3) is 0 Å². The summed E-state index contributed by atoms with van der Waals surface area (Å²) in [5.41, 5.74) is 0. The summed E-state index contributed by atoms with van der Waals surface area (Å²) in [7, 11) is -3.35. The van der Waals surface area contributed by atoms with E-state index in [9.17, 15) is 8.42 Å². The van der Waals surface area contributed by atoms with E-state index in [1.165, 1.54) is 0 Å². The first-order valence-corrected chi connectivity index (χ1v) is 7.91. The number of hydrogen-bond donors (Lipinski definition) is 0. The van der Waals surface area contributed by atoms with Gasteiger partial charge in [-0.1, -0.05) is 26.0 Å². The maximum absolute atomic E-state index is 12.4. The zero-order valence-corrected chi connectivity index (χ0v) is 12.3. The fourth-order valence-corrected chi connectivity index (χ4v) is 4.67. The van der Waals surface area contributed by atoms with E-state index in [0.717, 1.165) is 0 Å². The van der Waals surface area contributed by atoms with Crippen LogP contribution in [0.1, 0.15) is 13.8 Å². The van der Waals surface area contributed by atoms with Crippen LogP contribution in [-0.2, 0) is 10.0 Å². The number of benzene rings is 1. The predicted molar refractivity (Wildman–Crippen MR) is 71.2 cm³/mol. The standard InChI is InChI=1S/C12H16BrNO2S/c1-9-7-14(8-10(9)2)17(15,16)12-6-4-3-5-11(12)13/h3-6,9-10H,7-8H2,1-2H3. The van der Waals surface area contributed by atoms with Crippen LogP contribution in [0.5, 0.6) is 0 Å². The van der Waals surface area contributed by atoms with Gasteiger partial charge in [0.15, 0.2) is 0 Å². The van der Waals surface area contributed by atoms with Crippen molar-refractivity contribution in [1.82, 2.24) is 4.31 Å². The average molecular weight is 318 g/mol. The fraction of sp³-hybridized carbons (Fsp3) is 0.500. The van der Waals surface area contributed by atoms with Gasteiger partial charge < -0.3 is 0 Å². The molecule has 1 saturated heterocycles. The van der Waals surface area contributed by atoms with E-state index in [4.69, 9.17) is 0 Å². The highest BCUT2D eigenvalue weighted by atomic mass is 79.9. The predicted octanol–water partition coefficient (Wildman–Crippen LogP) is 2.73. The minimum absolute atomic E-state index is 0.362. The van der Waals surface area contributed by atoms with Crippen molar-refractivity contribution in [3.63, 3.8) is 0 Å². The molecule has 3 nitrogen and oxygen atoms in total. The quantitative estimate of drug-likeness (QED) is 0.841. The van der Waals surface area contributed by atoms with Crippen molar-refractivity contribution in [2.45, 2.75) is 18.7 Å². The fourth-order valence-electron chi connectivity index (χ4n) is 2.07. The number of nitrogens with zero attached hydrogens (tertiary/aromatic N) is 1. The van der Waals surface area contributed by atoms with E-state index < -0.39 is 10.0 Å². The van der Waals surface area contributed by atoms with E-state index >= 15 is 0 Å². The Labute approximate surface area is 111 Å². The van der Waals surface area contributed by atoms with Crippen molar-refractivity contribution in [2.75, 3.05) is 13.1 Å². The third kappa shape index (κ3) is 2.41. The SMILES string of the molecule is CC1CN(S(=O)(=O)c2ccccc2Br)CC1C. The smallest absolute Gasteiger partial charge is 0.207 e. The molecule has 1 aliphatic heterocycles. The van der Waals surface area contributed by atoms with Gasteiger partial charge in [-0.3, -0.25) is 0 Å². The van der Waals surface area contributed by atoms with Crippen molar-refractivity contribution >= 4 is 26.0 Å². The molecule has 1 fully saturated rings. The Morgan fingerprint density at radius 1 is 1.18 bits per heavy atom. The highest BCUT2D eigenvalue weighted by Gasteiger charge is 2.35. The number of sulfonamides is 1. The lowest BCUT2D eigenvalue weighted by Gasteiger charge is -2.17. The van der Waals surface area contributed by atoms with Gasteiger partial charge in [0.1, 0.15) is 0 Å². The van der Waals surface area contributed by atoms with Crippen molar-refractivity contribution in [1.29, 1.82) is 0 Å². The Morgan fingerprint density at radius 3 is 2.24 bits per heavy atom. The van der Waals surface area contributed by atoms with Crippen molar-refractivity contribution < 1.29 is 8.42 Å². The maximum atomic E-state index is 12.4. The lowest BCUT2D eigenvalue weighted by Crippen LogP contribution is -2.29. The molecule has 0 radical (unpaired) electrons. The molecule has 2 unspecified atom stereocenters. The first kappa shape index (κ1) is 13.1. The van der Waals surface area contributed by atoms with E-state index in [0.29, 0.717) is 34.3 Å². The molecule has 1 heterocycles. The van der Waals surface area contributed by atoms with Gasteiger partial charge in [0.05, 0.1) is 4.90 Å². The summed E-state index contributed by atoms with van der Waals surface area (Å²) in [5, 5.41) is 0. The molecule has 0 aromatic heterocycles. The van der Waals surface area contributed by atoms with E-state index in [-0.39, 0.29) is 0 Å². The van der Waals surface area contributed by atoms with Gasteiger partial charge in [0.2, 0.25) is 10.0 Å². The van der Waals surface area contributed by atoms with E-state index in [1.54, 1.807) is 22.5 Å². The molecule has 0 bridgehead atoms. The Balaban J connectivity index is 2.36. The molecule has 17 heavy (non-hydrogen) atoms. The van der Waals surface area contributed by atoms with Crippen LogP contribution < -0.4 is 0 Å². The van der Waals surface area contributed by atoms with Crippen LogP contribution in [0.2, 0.25) is 0 Å². The van der Waals surface area contributed by atoms with Crippen molar-refractivity contribution in [2.24, 2.45) is 11.8 Å². The van der Waals surface area contributed by atoms with Crippen LogP contribution in [0.25, 0.3) is 0 Å². The Bertz CT molecular complexity index is 505. The zero-order valence-electron chi connectivity index (χ0n) is 9.93. The molecule has 1 aromatic carbocycles. The van der Waals surface area contributed by atoms with E-state index in [2.05, 4.69) is 29.8 Å². The lowest BCUT2D eigenvalue weighted by atomic mass is 10.0. The van der Waals surface area contributed by atoms with Crippen LogP contribution in [0, 0.1) is 11.8 Å². The van der Waals surface area contributed by atoms with Crippen molar-refractivity contribution in [3.8, 4) is 0 Å². The topological polar surface area (TPSA) is 37.4 Å². The summed E-state index contributed by atoms with van der Waals surface area (Å²) < 4.78 is 27.1. The number of halogens is 1. The first-order valence-electron chi connectivity index (χ1n) is 5.67. The molecule has 5 heteroatoms. The second-order valence-corrected chi connectivity index (χ2v) is 7.47. The van der Waals surface area contributed by atoms with Gasteiger partial charge in [0, 0.05) is 17.6 Å². The minimum atomic E-state index is -3.35. The Kier molecular flexibility index (Phi) is 3.61. The summed E-state index contributed by atoms with van der Waals surface area (Å²) in [6.07, 6.45) is 0. The first-order chi connectivity index (χ1) is 7.93. The minimum Gasteiger partial charge on any atom is -0.207 e. The van der Waals surface area contributed by atoms with Gasteiger partial charge in [-0.25, -0.2) is 8.42 Å². The molecular weight excluding hydrogens is 302 g/mol. The van der Waals surface area contributed by atoms with Crippen LogP contribution in [0.3, 0.4) is 0 Å². The van der Waals surface area contributed by atoms with Gasteiger partial charge in [-0.2, -0.15) is 4.31 Å². The largest absolute Gasteiger partial charge is 0.244 e. The normalized spacial score (nSPS) is 26.3. The molecule has 0 spiro atoms. The third-order valence-corrected chi connectivity index (χ3v) is 6.25. The monoisotopic (exact) mass is 317 g/mol. The summed E-state index contributed by atoms with van der Waals surface area (Å²) >= 11 is 3.30. The second kappa shape index (κ2) is 4.71. The molecule has 2 rings (SSSR count). The average Bonchev–Trinajstić information content (AvgIpc) is 2.60. The number of rotatable bonds is 2. The lowest BCUT2D eigenvalue weighted by molar-refractivity contribution is 0.463. The van der Waals surface area contributed by atoms with Gasteiger partial charge in [-0.15, -0.1) is 0 Å². The third-order valence-electron chi connectivity index (χ3n) is 3.41. The number of hydrogen-bond acceptors (Lipinski definition) is 2. The molecule has 1 aromatic rings. The summed E-state index contributed by atoms with van der Waals surface area (Å²) in [6.45, 7) is 5.43. The summed E-state index contributed by atoms with van der Waals surface area (Å²) in [4.78, 5) is 0.362. The van der Waals surface area contributed by atoms with E-state index in [1.807, 2.05) is 6.07 Å². The van der Waals surface area contributed by atoms with Crippen LogP contribution in [0.4, 0.5) is 0 Å². The second-order valence-electron chi connectivity index (χ2n) is 4.71. The highest BCUT2D eigenvalue weighted by molar-refractivity contribution is 9.10. The highest BCUT2D eigenvalue weighted by Crippen LogP contribution is 2.30.